The number of oxazole rings is 1. The summed E-state index contributed by atoms with van der Waals surface area (Å²) in [6.07, 6.45) is -0.785. The summed E-state index contributed by atoms with van der Waals surface area (Å²) >= 11 is 5.61. The summed E-state index contributed by atoms with van der Waals surface area (Å²) in [6.45, 7) is 6.95. The maximum Gasteiger partial charge on any atom is 0.274 e. The van der Waals surface area contributed by atoms with Crippen LogP contribution in [0.2, 0.25) is 0 Å². The van der Waals surface area contributed by atoms with Crippen LogP contribution in [-0.4, -0.2) is 30.2 Å². The maximum absolute atomic E-state index is 6.20. The Kier molecular flexibility index (Phi) is 5.35. The summed E-state index contributed by atoms with van der Waals surface area (Å²) < 4.78 is 25.9. The van der Waals surface area contributed by atoms with Gasteiger partial charge in [0.05, 0.1) is 16.8 Å². The quantitative estimate of drug-likeness (QED) is 0.411. The van der Waals surface area contributed by atoms with Crippen LogP contribution >= 0.6 is 12.2 Å². The first-order chi connectivity index (χ1) is 13.7. The highest BCUT2D eigenvalue weighted by Gasteiger charge is 2.34. The van der Waals surface area contributed by atoms with Crippen molar-refractivity contribution in [3.8, 4) is 5.75 Å². The zero-order chi connectivity index (χ0) is 19.7. The molecule has 1 unspecified atom stereocenters. The molecule has 0 spiro atoms. The molecule has 3 aromatic rings. The Morgan fingerprint density at radius 3 is 2.46 bits per heavy atom. The molecule has 0 N–H and O–H groups in total. The van der Waals surface area contributed by atoms with Crippen molar-refractivity contribution in [1.29, 1.82) is 0 Å². The number of fused-ring (bicyclic) bond motifs is 2. The maximum atomic E-state index is 6.20. The van der Waals surface area contributed by atoms with Gasteiger partial charge in [0.2, 0.25) is 0 Å². The molecule has 0 saturated carbocycles. The molecule has 0 saturated heterocycles. The molecule has 2 aromatic carbocycles. The molecule has 5 nitrogen and oxygen atoms in total. The van der Waals surface area contributed by atoms with Gasteiger partial charge in [-0.25, -0.2) is 0 Å². The highest BCUT2D eigenvalue weighted by molar-refractivity contribution is 7.71. The molecular weight excluding hydrogens is 374 g/mol. The van der Waals surface area contributed by atoms with E-state index in [4.69, 9.17) is 30.8 Å². The van der Waals surface area contributed by atoms with Crippen LogP contribution in [-0.2, 0) is 9.47 Å². The number of nitrogens with zero attached hydrogens (tertiary/aromatic N) is 1. The fraction of sp³-hybridized carbons (Fsp3) is 0.318. The molecule has 0 radical (unpaired) electrons. The lowest BCUT2D eigenvalue weighted by atomic mass is 9.97. The number of para-hydroxylation sites is 3. The second-order valence-corrected chi connectivity index (χ2v) is 6.82. The van der Waals surface area contributed by atoms with Crippen LogP contribution in [0.3, 0.4) is 0 Å². The lowest BCUT2D eigenvalue weighted by molar-refractivity contribution is -0.118. The Labute approximate surface area is 169 Å². The SMILES string of the molecule is CCOC(OCC)C1=C(n2c(=S)oc3ccccc32)c2ccccc2OC1C. The van der Waals surface area contributed by atoms with E-state index in [0.29, 0.717) is 18.1 Å². The lowest BCUT2D eigenvalue weighted by Crippen LogP contribution is -2.34. The molecule has 0 fully saturated rings. The highest BCUT2D eigenvalue weighted by atomic mass is 32.1. The molecule has 146 valence electrons. The molecule has 4 rings (SSSR count). The van der Waals surface area contributed by atoms with Crippen LogP contribution in [0.5, 0.6) is 5.75 Å². The van der Waals surface area contributed by atoms with E-state index in [9.17, 15) is 0 Å². The van der Waals surface area contributed by atoms with Gasteiger partial charge in [-0.15, -0.1) is 0 Å². The second-order valence-electron chi connectivity index (χ2n) is 6.47. The van der Waals surface area contributed by atoms with Crippen LogP contribution in [0.15, 0.2) is 58.5 Å². The van der Waals surface area contributed by atoms with E-state index in [-0.39, 0.29) is 6.10 Å². The summed E-state index contributed by atoms with van der Waals surface area (Å²) in [5, 5.41) is 0. The minimum Gasteiger partial charge on any atom is -0.485 e. The second kappa shape index (κ2) is 7.91. The number of rotatable bonds is 6. The van der Waals surface area contributed by atoms with Gasteiger partial charge in [0.15, 0.2) is 11.9 Å². The molecule has 1 aliphatic heterocycles. The zero-order valence-electron chi connectivity index (χ0n) is 16.2. The molecule has 1 atom stereocenters. The third-order valence-electron chi connectivity index (χ3n) is 4.76. The topological polar surface area (TPSA) is 45.8 Å². The Morgan fingerprint density at radius 2 is 1.71 bits per heavy atom. The Bertz CT molecular complexity index is 1080. The number of hydrogen-bond donors (Lipinski definition) is 0. The van der Waals surface area contributed by atoms with Crippen LogP contribution in [0.1, 0.15) is 26.3 Å². The van der Waals surface area contributed by atoms with Gasteiger partial charge in [0.25, 0.3) is 4.84 Å². The summed E-state index contributed by atoms with van der Waals surface area (Å²) in [4.78, 5) is 0.379. The standard InChI is InChI=1S/C22H23NO4S/c1-4-24-21(25-5-2)19-14(3)26-17-12-8-6-10-15(17)20(19)23-16-11-7-9-13-18(16)27-22(23)28/h6-14,21H,4-5H2,1-3H3. The first kappa shape index (κ1) is 18.9. The van der Waals surface area contributed by atoms with Crippen molar-refractivity contribution in [2.45, 2.75) is 33.2 Å². The minimum absolute atomic E-state index is 0.247. The first-order valence-electron chi connectivity index (χ1n) is 9.50. The number of ether oxygens (including phenoxy) is 3. The van der Waals surface area contributed by atoms with Crippen LogP contribution in [0.25, 0.3) is 16.8 Å². The van der Waals surface area contributed by atoms with Crippen molar-refractivity contribution in [3.05, 3.63) is 64.5 Å². The Morgan fingerprint density at radius 1 is 1.04 bits per heavy atom. The van der Waals surface area contributed by atoms with Crippen molar-refractivity contribution >= 4 is 29.0 Å². The zero-order valence-corrected chi connectivity index (χ0v) is 17.0. The van der Waals surface area contributed by atoms with Gasteiger partial charge in [-0.2, -0.15) is 0 Å². The van der Waals surface area contributed by atoms with Crippen LogP contribution in [0, 0.1) is 4.84 Å². The molecule has 1 aromatic heterocycles. The molecule has 6 heteroatoms. The molecule has 0 bridgehead atoms. The van der Waals surface area contributed by atoms with Gasteiger partial charge in [0, 0.05) is 18.8 Å². The summed E-state index contributed by atoms with van der Waals surface area (Å²) in [5.74, 6) is 0.799. The van der Waals surface area contributed by atoms with E-state index in [1.807, 2.05) is 73.9 Å². The van der Waals surface area contributed by atoms with Crippen molar-refractivity contribution in [2.75, 3.05) is 13.2 Å². The van der Waals surface area contributed by atoms with Crippen LogP contribution < -0.4 is 4.74 Å². The molecular formula is C22H23NO4S. The van der Waals surface area contributed by atoms with Crippen molar-refractivity contribution in [2.24, 2.45) is 0 Å². The summed E-state index contributed by atoms with van der Waals surface area (Å²) in [7, 11) is 0. The number of aromatic nitrogens is 1. The highest BCUT2D eigenvalue weighted by Crippen LogP contribution is 2.40. The molecule has 28 heavy (non-hydrogen) atoms. The fourth-order valence-corrected chi connectivity index (χ4v) is 3.91. The first-order valence-corrected chi connectivity index (χ1v) is 9.90. The van der Waals surface area contributed by atoms with Gasteiger partial charge in [0.1, 0.15) is 11.9 Å². The normalized spacial score (nSPS) is 16.5. The van der Waals surface area contributed by atoms with Crippen molar-refractivity contribution in [3.63, 3.8) is 0 Å². The predicted octanol–water partition coefficient (Wildman–Crippen LogP) is 5.40. The van der Waals surface area contributed by atoms with Gasteiger partial charge in [-0.05, 0) is 57.3 Å². The summed E-state index contributed by atoms with van der Waals surface area (Å²) in [5.41, 5.74) is 4.36. The fourth-order valence-electron chi connectivity index (χ4n) is 3.63. The van der Waals surface area contributed by atoms with E-state index in [1.54, 1.807) is 0 Å². The van der Waals surface area contributed by atoms with Gasteiger partial charge in [-0.1, -0.05) is 24.3 Å². The molecule has 0 aliphatic carbocycles. The average Bonchev–Trinajstić information content (AvgIpc) is 3.02. The largest absolute Gasteiger partial charge is 0.485 e. The third kappa shape index (κ3) is 3.17. The Hall–Kier alpha value is -2.41. The van der Waals surface area contributed by atoms with E-state index in [0.717, 1.165) is 33.7 Å². The monoisotopic (exact) mass is 397 g/mol. The molecule has 2 heterocycles. The summed E-state index contributed by atoms with van der Waals surface area (Å²) in [6, 6.07) is 15.8. The van der Waals surface area contributed by atoms with Crippen molar-refractivity contribution < 1.29 is 18.6 Å². The van der Waals surface area contributed by atoms with E-state index < -0.39 is 6.29 Å². The average molecular weight is 397 g/mol. The predicted molar refractivity (Wildman–Crippen MR) is 111 cm³/mol. The third-order valence-corrected chi connectivity index (χ3v) is 5.02. The van der Waals surface area contributed by atoms with E-state index >= 15 is 0 Å². The van der Waals surface area contributed by atoms with Gasteiger partial charge >= 0.3 is 0 Å². The molecule has 1 aliphatic rings. The minimum atomic E-state index is -0.538. The van der Waals surface area contributed by atoms with Crippen LogP contribution in [0.4, 0.5) is 0 Å². The van der Waals surface area contributed by atoms with E-state index in [2.05, 4.69) is 0 Å². The smallest absolute Gasteiger partial charge is 0.274 e. The molecule has 0 amide bonds. The number of benzene rings is 2. The number of hydrogen-bond acceptors (Lipinski definition) is 5. The van der Waals surface area contributed by atoms with E-state index in [1.165, 1.54) is 0 Å². The van der Waals surface area contributed by atoms with Gasteiger partial charge < -0.3 is 18.6 Å². The Balaban J connectivity index is 2.07. The van der Waals surface area contributed by atoms with Gasteiger partial charge in [-0.3, -0.25) is 4.57 Å². The lowest BCUT2D eigenvalue weighted by Gasteiger charge is -2.33. The van der Waals surface area contributed by atoms with Crippen molar-refractivity contribution in [1.82, 2.24) is 4.57 Å².